The van der Waals surface area contributed by atoms with Gasteiger partial charge in [0.25, 0.3) is 0 Å². The molecule has 2 aromatic heterocycles. The van der Waals surface area contributed by atoms with Crippen LogP contribution in [0.1, 0.15) is 29.9 Å². The summed E-state index contributed by atoms with van der Waals surface area (Å²) in [5.41, 5.74) is -0.0925. The molecule has 0 atom stereocenters. The molecule has 28 heavy (non-hydrogen) atoms. The molecule has 4 nitrogen and oxygen atoms in total. The normalized spacial score (nSPS) is 14.5. The molecule has 0 unspecified atom stereocenters. The Hall–Kier alpha value is -2.61. The number of aromatic amines is 1. The van der Waals surface area contributed by atoms with Gasteiger partial charge in [-0.05, 0) is 43.0 Å². The minimum Gasteiger partial charge on any atom is -0.296 e. The molecule has 1 aliphatic rings. The summed E-state index contributed by atoms with van der Waals surface area (Å²) in [5.74, 6) is 0. The van der Waals surface area contributed by atoms with Crippen LogP contribution in [0.2, 0.25) is 0 Å². The number of imidazole rings is 1. The van der Waals surface area contributed by atoms with Crippen LogP contribution in [-0.2, 0) is 6.18 Å². The Labute approximate surface area is 166 Å². The molecule has 0 bridgehead atoms. The number of hydrogen-bond donors (Lipinski definition) is 1. The van der Waals surface area contributed by atoms with E-state index in [-0.39, 0.29) is 11.3 Å². The zero-order valence-electron chi connectivity index (χ0n) is 14.8. The van der Waals surface area contributed by atoms with Gasteiger partial charge in [-0.15, -0.1) is 0 Å². The molecule has 2 heterocycles. The van der Waals surface area contributed by atoms with Crippen molar-refractivity contribution in [3.8, 4) is 11.1 Å². The number of nitrogens with one attached hydrogen (secondary N) is 1. The summed E-state index contributed by atoms with van der Waals surface area (Å²) in [6.07, 6.45) is 1.65. The maximum atomic E-state index is 13.7. The molecule has 0 amide bonds. The van der Waals surface area contributed by atoms with Crippen molar-refractivity contribution in [3.63, 3.8) is 0 Å². The lowest BCUT2D eigenvalue weighted by atomic mass is 10.0. The van der Waals surface area contributed by atoms with Gasteiger partial charge in [0.15, 0.2) is 5.69 Å². The second kappa shape index (κ2) is 6.77. The van der Waals surface area contributed by atoms with Crippen LogP contribution in [0, 0.1) is 6.92 Å². The van der Waals surface area contributed by atoms with Crippen molar-refractivity contribution in [2.75, 3.05) is 0 Å². The monoisotopic (exact) mass is 449 g/mol. The molecule has 144 valence electrons. The first kappa shape index (κ1) is 18.7. The first-order valence-corrected chi connectivity index (χ1v) is 9.41. The predicted octanol–water partition coefficient (Wildman–Crippen LogP) is 5.51. The molecule has 1 aliphatic carbocycles. The van der Waals surface area contributed by atoms with E-state index < -0.39 is 17.3 Å². The SMILES string of the molecule is Cc1[nH]n2c(C3=CC=CCC3)c(C(F)(F)F)nc2c(=O)c1-c1cccc(Br)c1. The van der Waals surface area contributed by atoms with Crippen LogP contribution in [0.25, 0.3) is 22.3 Å². The number of allylic oxidation sites excluding steroid dienone is 4. The van der Waals surface area contributed by atoms with Gasteiger partial charge in [-0.3, -0.25) is 9.89 Å². The van der Waals surface area contributed by atoms with Crippen molar-refractivity contribution in [2.24, 2.45) is 0 Å². The Kier molecular flexibility index (Phi) is 4.53. The summed E-state index contributed by atoms with van der Waals surface area (Å²) in [6.45, 7) is 1.67. The van der Waals surface area contributed by atoms with Crippen LogP contribution in [0.5, 0.6) is 0 Å². The molecule has 4 rings (SSSR count). The quantitative estimate of drug-likeness (QED) is 0.560. The highest BCUT2D eigenvalue weighted by Crippen LogP contribution is 2.37. The molecule has 0 fully saturated rings. The summed E-state index contributed by atoms with van der Waals surface area (Å²) < 4.78 is 43.1. The first-order valence-electron chi connectivity index (χ1n) is 8.62. The molecular formula is C20H15BrF3N3O. The van der Waals surface area contributed by atoms with Crippen LogP contribution in [0.15, 0.2) is 51.8 Å². The molecule has 0 saturated heterocycles. The highest BCUT2D eigenvalue weighted by molar-refractivity contribution is 9.10. The maximum absolute atomic E-state index is 13.7. The summed E-state index contributed by atoms with van der Waals surface area (Å²) in [7, 11) is 0. The van der Waals surface area contributed by atoms with E-state index in [9.17, 15) is 18.0 Å². The fourth-order valence-corrected chi connectivity index (χ4v) is 3.87. The fraction of sp³-hybridized carbons (Fsp3) is 0.200. The smallest absolute Gasteiger partial charge is 0.296 e. The minimum absolute atomic E-state index is 0.104. The van der Waals surface area contributed by atoms with Crippen molar-refractivity contribution >= 4 is 27.2 Å². The van der Waals surface area contributed by atoms with Crippen LogP contribution in [0.4, 0.5) is 13.2 Å². The van der Waals surface area contributed by atoms with Crippen molar-refractivity contribution in [2.45, 2.75) is 25.9 Å². The van der Waals surface area contributed by atoms with E-state index in [4.69, 9.17) is 0 Å². The average molecular weight is 450 g/mol. The van der Waals surface area contributed by atoms with E-state index in [1.54, 1.807) is 37.3 Å². The second-order valence-corrected chi connectivity index (χ2v) is 7.49. The molecule has 3 aromatic rings. The van der Waals surface area contributed by atoms with Crippen molar-refractivity contribution in [3.05, 3.63) is 74.3 Å². The number of nitrogens with zero attached hydrogens (tertiary/aromatic N) is 2. The number of aryl methyl sites for hydroxylation is 1. The lowest BCUT2D eigenvalue weighted by Crippen LogP contribution is -2.15. The lowest BCUT2D eigenvalue weighted by Gasteiger charge is -2.14. The van der Waals surface area contributed by atoms with Gasteiger partial charge in [0, 0.05) is 10.2 Å². The number of hydrogen-bond acceptors (Lipinski definition) is 2. The highest BCUT2D eigenvalue weighted by Gasteiger charge is 2.39. The lowest BCUT2D eigenvalue weighted by molar-refractivity contribution is -0.141. The van der Waals surface area contributed by atoms with Crippen LogP contribution in [0.3, 0.4) is 0 Å². The zero-order chi connectivity index (χ0) is 20.1. The molecule has 1 N–H and O–H groups in total. The van der Waals surface area contributed by atoms with Gasteiger partial charge in [-0.1, -0.05) is 46.3 Å². The summed E-state index contributed by atoms with van der Waals surface area (Å²) in [5, 5.41) is 2.95. The molecule has 8 heteroatoms. The minimum atomic E-state index is -4.67. The largest absolute Gasteiger partial charge is 0.435 e. The Balaban J connectivity index is 2.07. The zero-order valence-corrected chi connectivity index (χ0v) is 16.4. The number of H-pyrrole nitrogens is 1. The third-order valence-corrected chi connectivity index (χ3v) is 5.16. The Morgan fingerprint density at radius 2 is 2.07 bits per heavy atom. The summed E-state index contributed by atoms with van der Waals surface area (Å²) in [4.78, 5) is 16.8. The molecule has 0 aliphatic heterocycles. The van der Waals surface area contributed by atoms with Crippen molar-refractivity contribution < 1.29 is 13.2 Å². The third-order valence-electron chi connectivity index (χ3n) is 4.66. The van der Waals surface area contributed by atoms with Crippen molar-refractivity contribution in [1.82, 2.24) is 14.6 Å². The number of benzene rings is 1. The van der Waals surface area contributed by atoms with E-state index >= 15 is 0 Å². The topological polar surface area (TPSA) is 50.2 Å². The van der Waals surface area contributed by atoms with E-state index in [0.717, 1.165) is 4.47 Å². The van der Waals surface area contributed by atoms with Crippen LogP contribution in [-0.4, -0.2) is 14.6 Å². The fourth-order valence-electron chi connectivity index (χ4n) is 3.47. The summed E-state index contributed by atoms with van der Waals surface area (Å²) >= 11 is 3.36. The highest BCUT2D eigenvalue weighted by atomic mass is 79.9. The molecule has 0 saturated carbocycles. The Morgan fingerprint density at radius 3 is 2.71 bits per heavy atom. The summed E-state index contributed by atoms with van der Waals surface area (Å²) in [6, 6.07) is 7.06. The van der Waals surface area contributed by atoms with Gasteiger partial charge in [0.1, 0.15) is 0 Å². The van der Waals surface area contributed by atoms with E-state index in [0.29, 0.717) is 35.2 Å². The average Bonchev–Trinajstić information content (AvgIpc) is 3.02. The van der Waals surface area contributed by atoms with E-state index in [1.807, 2.05) is 12.1 Å². The number of rotatable bonds is 2. The van der Waals surface area contributed by atoms with Gasteiger partial charge in [-0.2, -0.15) is 13.2 Å². The predicted molar refractivity (Wildman–Crippen MR) is 105 cm³/mol. The number of aromatic nitrogens is 3. The van der Waals surface area contributed by atoms with Crippen LogP contribution < -0.4 is 5.43 Å². The standard InChI is InChI=1S/C20H15BrF3N3O/c1-11-15(13-8-5-9-14(21)10-13)17(28)19-25-18(20(22,23)24)16(27(19)26-11)12-6-3-2-4-7-12/h2-3,5-6,8-10,26H,4,7H2,1H3. The molecular weight excluding hydrogens is 435 g/mol. The second-order valence-electron chi connectivity index (χ2n) is 6.58. The number of alkyl halides is 3. The van der Waals surface area contributed by atoms with E-state index in [2.05, 4.69) is 26.0 Å². The number of fused-ring (bicyclic) bond motifs is 1. The maximum Gasteiger partial charge on any atom is 0.435 e. The van der Waals surface area contributed by atoms with Gasteiger partial charge in [-0.25, -0.2) is 9.50 Å². The molecule has 0 radical (unpaired) electrons. The van der Waals surface area contributed by atoms with Gasteiger partial charge in [0.2, 0.25) is 11.1 Å². The molecule has 0 spiro atoms. The third kappa shape index (κ3) is 3.11. The van der Waals surface area contributed by atoms with Gasteiger partial charge in [0.05, 0.1) is 11.3 Å². The first-order chi connectivity index (χ1) is 13.3. The van der Waals surface area contributed by atoms with Gasteiger partial charge >= 0.3 is 6.18 Å². The van der Waals surface area contributed by atoms with Crippen LogP contribution >= 0.6 is 15.9 Å². The Morgan fingerprint density at radius 1 is 1.29 bits per heavy atom. The van der Waals surface area contributed by atoms with E-state index in [1.165, 1.54) is 4.52 Å². The Bertz CT molecular complexity index is 1200. The van der Waals surface area contributed by atoms with Crippen molar-refractivity contribution in [1.29, 1.82) is 0 Å². The van der Waals surface area contributed by atoms with Gasteiger partial charge < -0.3 is 0 Å². The molecule has 1 aromatic carbocycles. The number of halogens is 4.